The summed E-state index contributed by atoms with van der Waals surface area (Å²) in [6.45, 7) is 2.38. The molecule has 1 atom stereocenters. The number of nitrogens with zero attached hydrogens (tertiary/aromatic N) is 2. The van der Waals surface area contributed by atoms with E-state index in [9.17, 15) is 14.0 Å². The molecule has 0 fully saturated rings. The van der Waals surface area contributed by atoms with Crippen molar-refractivity contribution in [3.63, 3.8) is 0 Å². The predicted octanol–water partition coefficient (Wildman–Crippen LogP) is 2.49. The molecule has 1 aliphatic heterocycles. The van der Waals surface area contributed by atoms with Gasteiger partial charge in [-0.3, -0.25) is 9.59 Å². The molecule has 1 N–H and O–H groups in total. The van der Waals surface area contributed by atoms with Crippen LogP contribution >= 0.6 is 0 Å². The fraction of sp³-hybridized carbons (Fsp3) is 0.429. The molecule has 2 amide bonds. The monoisotopic (exact) mass is 387 g/mol. The molecule has 1 aromatic carbocycles. The van der Waals surface area contributed by atoms with Crippen LogP contribution in [0.15, 0.2) is 42.6 Å². The maximum atomic E-state index is 13.4. The Kier molecular flexibility index (Phi) is 6.81. The summed E-state index contributed by atoms with van der Waals surface area (Å²) in [5, 5.41) is 2.80. The smallest absolute Gasteiger partial charge is 0.223 e. The number of carbonyl (C=O) groups excluding carboxylic acids is 2. The Hall–Kier alpha value is -2.67. The van der Waals surface area contributed by atoms with Crippen LogP contribution in [0.1, 0.15) is 36.6 Å². The van der Waals surface area contributed by atoms with Crippen molar-refractivity contribution in [1.82, 2.24) is 14.8 Å². The normalized spacial score (nSPS) is 15.9. The summed E-state index contributed by atoms with van der Waals surface area (Å²) in [5.41, 5.74) is 1.86. The van der Waals surface area contributed by atoms with Gasteiger partial charge in [0.1, 0.15) is 5.82 Å². The standard InChI is InChI=1S/C21H26FN3O3/c1-28-15-3-11-23-19(26)9-10-20(27)25-14-13-24-12-2-4-18(24)21(25)16-5-7-17(22)8-6-16/h2,4-8,12,21H,3,9-11,13-15H2,1H3,(H,23,26). The molecule has 0 radical (unpaired) electrons. The molecule has 0 bridgehead atoms. The van der Waals surface area contributed by atoms with Gasteiger partial charge >= 0.3 is 0 Å². The lowest BCUT2D eigenvalue weighted by atomic mass is 9.99. The largest absolute Gasteiger partial charge is 0.385 e. The highest BCUT2D eigenvalue weighted by molar-refractivity contribution is 5.84. The third-order valence-corrected chi connectivity index (χ3v) is 4.96. The van der Waals surface area contributed by atoms with Crippen molar-refractivity contribution in [2.75, 3.05) is 26.8 Å². The van der Waals surface area contributed by atoms with E-state index in [0.29, 0.717) is 26.2 Å². The van der Waals surface area contributed by atoms with Crippen LogP contribution in [-0.2, 0) is 20.9 Å². The first-order valence-corrected chi connectivity index (χ1v) is 9.55. The number of carbonyl (C=O) groups is 2. The van der Waals surface area contributed by atoms with Crippen LogP contribution in [0.2, 0.25) is 0 Å². The minimum atomic E-state index is -0.307. The molecule has 0 saturated heterocycles. The van der Waals surface area contributed by atoms with Crippen LogP contribution < -0.4 is 5.32 Å². The van der Waals surface area contributed by atoms with Crippen molar-refractivity contribution in [3.8, 4) is 0 Å². The van der Waals surface area contributed by atoms with Crippen LogP contribution in [0.4, 0.5) is 4.39 Å². The lowest BCUT2D eigenvalue weighted by Crippen LogP contribution is -2.42. The lowest BCUT2D eigenvalue weighted by molar-refractivity contribution is -0.136. The summed E-state index contributed by atoms with van der Waals surface area (Å²) in [6.07, 6.45) is 3.03. The van der Waals surface area contributed by atoms with E-state index in [2.05, 4.69) is 9.88 Å². The second-order valence-electron chi connectivity index (χ2n) is 6.86. The molecule has 28 heavy (non-hydrogen) atoms. The van der Waals surface area contributed by atoms with Crippen LogP contribution in [0.25, 0.3) is 0 Å². The average molecular weight is 387 g/mol. The molecule has 1 aliphatic rings. The molecule has 0 aliphatic carbocycles. The highest BCUT2D eigenvalue weighted by Gasteiger charge is 2.32. The Balaban J connectivity index is 1.66. The topological polar surface area (TPSA) is 63.6 Å². The molecule has 6 nitrogen and oxygen atoms in total. The van der Waals surface area contributed by atoms with Gasteiger partial charge in [-0.05, 0) is 36.2 Å². The van der Waals surface area contributed by atoms with Crippen LogP contribution in [-0.4, -0.2) is 48.1 Å². The molecule has 1 aromatic heterocycles. The zero-order chi connectivity index (χ0) is 19.9. The molecular formula is C21H26FN3O3. The third kappa shape index (κ3) is 4.78. The van der Waals surface area contributed by atoms with E-state index in [1.165, 1.54) is 12.1 Å². The average Bonchev–Trinajstić information content (AvgIpc) is 3.18. The van der Waals surface area contributed by atoms with E-state index in [-0.39, 0.29) is 36.5 Å². The second-order valence-corrected chi connectivity index (χ2v) is 6.86. The first-order valence-electron chi connectivity index (χ1n) is 9.55. The number of fused-ring (bicyclic) bond motifs is 1. The van der Waals surface area contributed by atoms with Gasteiger partial charge in [0.25, 0.3) is 0 Å². The molecule has 7 heteroatoms. The molecule has 2 aromatic rings. The number of amides is 2. The Morgan fingerprint density at radius 1 is 1.18 bits per heavy atom. The molecule has 0 saturated carbocycles. The number of aromatic nitrogens is 1. The van der Waals surface area contributed by atoms with Crippen molar-refractivity contribution >= 4 is 11.8 Å². The number of benzene rings is 1. The number of ether oxygens (including phenoxy) is 1. The quantitative estimate of drug-likeness (QED) is 0.708. The van der Waals surface area contributed by atoms with Gasteiger partial charge in [0, 0.05) is 58.1 Å². The number of methoxy groups -OCH3 is 1. The summed E-state index contributed by atoms with van der Waals surface area (Å²) < 4.78 is 20.4. The molecule has 0 spiro atoms. The first kappa shape index (κ1) is 20.1. The third-order valence-electron chi connectivity index (χ3n) is 4.96. The van der Waals surface area contributed by atoms with Gasteiger partial charge in [0.2, 0.25) is 11.8 Å². The second kappa shape index (κ2) is 9.50. The number of rotatable bonds is 8. The molecule has 3 rings (SSSR count). The van der Waals surface area contributed by atoms with Crippen LogP contribution in [0.5, 0.6) is 0 Å². The van der Waals surface area contributed by atoms with Crippen molar-refractivity contribution < 1.29 is 18.7 Å². The maximum absolute atomic E-state index is 13.4. The van der Waals surface area contributed by atoms with Gasteiger partial charge in [0.15, 0.2) is 0 Å². The van der Waals surface area contributed by atoms with Crippen molar-refractivity contribution in [1.29, 1.82) is 0 Å². The van der Waals surface area contributed by atoms with Crippen LogP contribution in [0, 0.1) is 5.82 Å². The Morgan fingerprint density at radius 3 is 2.71 bits per heavy atom. The van der Waals surface area contributed by atoms with Crippen molar-refractivity contribution in [2.45, 2.75) is 31.8 Å². The SMILES string of the molecule is COCCCNC(=O)CCC(=O)N1CCn2cccc2C1c1ccc(F)cc1. The lowest BCUT2D eigenvalue weighted by Gasteiger charge is -2.37. The molecule has 1 unspecified atom stereocenters. The summed E-state index contributed by atoms with van der Waals surface area (Å²) in [7, 11) is 1.62. The van der Waals surface area contributed by atoms with Gasteiger partial charge in [-0.2, -0.15) is 0 Å². The zero-order valence-corrected chi connectivity index (χ0v) is 16.1. The van der Waals surface area contributed by atoms with Gasteiger partial charge < -0.3 is 19.5 Å². The summed E-state index contributed by atoms with van der Waals surface area (Å²) in [5.74, 6) is -0.519. The van der Waals surface area contributed by atoms with E-state index in [0.717, 1.165) is 17.7 Å². The summed E-state index contributed by atoms with van der Waals surface area (Å²) in [6, 6.07) is 9.91. The maximum Gasteiger partial charge on any atom is 0.223 e. The van der Waals surface area contributed by atoms with E-state index in [1.807, 2.05) is 18.3 Å². The molecule has 2 heterocycles. The van der Waals surface area contributed by atoms with Crippen LogP contribution in [0.3, 0.4) is 0 Å². The number of nitrogens with one attached hydrogen (secondary N) is 1. The molecule has 150 valence electrons. The summed E-state index contributed by atoms with van der Waals surface area (Å²) in [4.78, 5) is 26.7. The predicted molar refractivity (Wildman–Crippen MR) is 103 cm³/mol. The number of halogens is 1. The zero-order valence-electron chi connectivity index (χ0n) is 16.1. The first-order chi connectivity index (χ1) is 13.6. The Bertz CT molecular complexity index is 803. The fourth-order valence-corrected chi connectivity index (χ4v) is 3.54. The highest BCUT2D eigenvalue weighted by atomic mass is 19.1. The van der Waals surface area contributed by atoms with Gasteiger partial charge in [-0.25, -0.2) is 4.39 Å². The highest BCUT2D eigenvalue weighted by Crippen LogP contribution is 2.33. The summed E-state index contributed by atoms with van der Waals surface area (Å²) >= 11 is 0. The van der Waals surface area contributed by atoms with Gasteiger partial charge in [-0.15, -0.1) is 0 Å². The van der Waals surface area contributed by atoms with Crippen molar-refractivity contribution in [2.24, 2.45) is 0 Å². The van der Waals surface area contributed by atoms with Gasteiger partial charge in [-0.1, -0.05) is 12.1 Å². The Morgan fingerprint density at radius 2 is 1.96 bits per heavy atom. The minimum absolute atomic E-state index is 0.0752. The van der Waals surface area contributed by atoms with E-state index >= 15 is 0 Å². The van der Waals surface area contributed by atoms with Crippen molar-refractivity contribution in [3.05, 3.63) is 59.7 Å². The fourth-order valence-electron chi connectivity index (χ4n) is 3.54. The Labute approximate surface area is 164 Å². The molecular weight excluding hydrogens is 361 g/mol. The number of hydrogen-bond donors (Lipinski definition) is 1. The van der Waals surface area contributed by atoms with E-state index in [1.54, 1.807) is 24.1 Å². The van der Waals surface area contributed by atoms with Gasteiger partial charge in [0.05, 0.1) is 6.04 Å². The van der Waals surface area contributed by atoms with E-state index < -0.39 is 0 Å². The number of hydrogen-bond acceptors (Lipinski definition) is 3. The van der Waals surface area contributed by atoms with E-state index in [4.69, 9.17) is 4.74 Å². The minimum Gasteiger partial charge on any atom is -0.385 e.